The first-order chi connectivity index (χ1) is 14.2. The van der Waals surface area contributed by atoms with Gasteiger partial charge in [-0.05, 0) is 49.3 Å². The van der Waals surface area contributed by atoms with Crippen molar-refractivity contribution < 1.29 is 9.59 Å². The molecule has 0 saturated carbocycles. The van der Waals surface area contributed by atoms with Crippen LogP contribution in [0.4, 0.5) is 0 Å². The van der Waals surface area contributed by atoms with Crippen LogP contribution < -0.4 is 0 Å². The van der Waals surface area contributed by atoms with Gasteiger partial charge in [-0.2, -0.15) is 0 Å². The predicted molar refractivity (Wildman–Crippen MR) is 118 cm³/mol. The van der Waals surface area contributed by atoms with Gasteiger partial charge >= 0.3 is 0 Å². The zero-order valence-electron chi connectivity index (χ0n) is 16.7. The number of carbonyl (C=O) groups excluding carboxylic acids is 2. The van der Waals surface area contributed by atoms with E-state index in [1.807, 2.05) is 59.8 Å². The zero-order valence-corrected chi connectivity index (χ0v) is 17.5. The standard InChI is InChI=1S/C24H26N2O2S/c1-29-20-11-8-17(9-12-20)24(28)19-5-4-14-26(16-19)23(27)13-10-18-15-25-22-7-3-2-6-21(18)22/h2-3,6-9,11-12,15,19,25H,4-5,10,13-14,16H2,1H3/t19-/m1/s1. The second-order valence-electron chi connectivity index (χ2n) is 7.63. The van der Waals surface area contributed by atoms with Crippen LogP contribution in [0.1, 0.15) is 35.2 Å². The molecule has 1 saturated heterocycles. The molecule has 4 rings (SSSR count). The molecule has 3 aromatic rings. The minimum Gasteiger partial charge on any atom is -0.361 e. The van der Waals surface area contributed by atoms with Crippen molar-refractivity contribution in [3.63, 3.8) is 0 Å². The highest BCUT2D eigenvalue weighted by atomic mass is 32.2. The molecular weight excluding hydrogens is 380 g/mol. The van der Waals surface area contributed by atoms with Crippen LogP contribution in [-0.4, -0.2) is 40.9 Å². The highest BCUT2D eigenvalue weighted by Crippen LogP contribution is 2.24. The summed E-state index contributed by atoms with van der Waals surface area (Å²) in [6, 6.07) is 16.0. The number of ketones is 1. The lowest BCUT2D eigenvalue weighted by molar-refractivity contribution is -0.132. The number of H-pyrrole nitrogens is 1. The number of Topliss-reactive ketones (excluding diaryl/α,β-unsaturated/α-hetero) is 1. The van der Waals surface area contributed by atoms with E-state index in [9.17, 15) is 9.59 Å². The summed E-state index contributed by atoms with van der Waals surface area (Å²) >= 11 is 1.67. The summed E-state index contributed by atoms with van der Waals surface area (Å²) in [5, 5.41) is 1.18. The first-order valence-electron chi connectivity index (χ1n) is 10.2. The quantitative estimate of drug-likeness (QED) is 0.466. The number of aromatic nitrogens is 1. The largest absolute Gasteiger partial charge is 0.361 e. The van der Waals surface area contributed by atoms with Gasteiger partial charge in [0, 0.05) is 53.0 Å². The summed E-state index contributed by atoms with van der Waals surface area (Å²) in [7, 11) is 0. The van der Waals surface area contributed by atoms with E-state index in [0.717, 1.165) is 35.4 Å². The topological polar surface area (TPSA) is 53.2 Å². The Hall–Kier alpha value is -2.53. The molecule has 0 radical (unpaired) electrons. The molecule has 0 bridgehead atoms. The Morgan fingerprint density at radius 3 is 2.72 bits per heavy atom. The number of amides is 1. The first kappa shape index (κ1) is 19.8. The zero-order chi connectivity index (χ0) is 20.2. The van der Waals surface area contributed by atoms with E-state index in [-0.39, 0.29) is 17.6 Å². The van der Waals surface area contributed by atoms with Gasteiger partial charge in [0.1, 0.15) is 0 Å². The fourth-order valence-corrected chi connectivity index (χ4v) is 4.56. The van der Waals surface area contributed by atoms with E-state index in [1.54, 1.807) is 11.8 Å². The second-order valence-corrected chi connectivity index (χ2v) is 8.51. The number of carbonyl (C=O) groups is 2. The Morgan fingerprint density at radius 2 is 1.93 bits per heavy atom. The number of hydrogen-bond acceptors (Lipinski definition) is 3. The van der Waals surface area contributed by atoms with E-state index < -0.39 is 0 Å². The first-order valence-corrected chi connectivity index (χ1v) is 11.4. The van der Waals surface area contributed by atoms with Gasteiger partial charge in [-0.15, -0.1) is 11.8 Å². The maximum Gasteiger partial charge on any atom is 0.222 e. The number of para-hydroxylation sites is 1. The number of fused-ring (bicyclic) bond motifs is 1. The molecular formula is C24H26N2O2S. The molecule has 2 heterocycles. The summed E-state index contributed by atoms with van der Waals surface area (Å²) in [6.45, 7) is 1.29. The lowest BCUT2D eigenvalue weighted by atomic mass is 9.90. The van der Waals surface area contributed by atoms with E-state index >= 15 is 0 Å². The van der Waals surface area contributed by atoms with Crippen molar-refractivity contribution in [1.82, 2.24) is 9.88 Å². The minimum atomic E-state index is -0.0964. The second kappa shape index (κ2) is 8.87. The van der Waals surface area contributed by atoms with Gasteiger partial charge in [0.25, 0.3) is 0 Å². The van der Waals surface area contributed by atoms with Crippen molar-refractivity contribution >= 4 is 34.4 Å². The van der Waals surface area contributed by atoms with E-state index in [2.05, 4.69) is 11.1 Å². The van der Waals surface area contributed by atoms with E-state index in [4.69, 9.17) is 0 Å². The van der Waals surface area contributed by atoms with Crippen molar-refractivity contribution in [1.29, 1.82) is 0 Å². The number of hydrogen-bond donors (Lipinski definition) is 1. The smallest absolute Gasteiger partial charge is 0.222 e. The Kier molecular flexibility index (Phi) is 6.05. The fraction of sp³-hybridized carbons (Fsp3) is 0.333. The molecule has 29 heavy (non-hydrogen) atoms. The molecule has 0 spiro atoms. The molecule has 2 aromatic carbocycles. The van der Waals surface area contributed by atoms with Crippen molar-refractivity contribution in [2.45, 2.75) is 30.6 Å². The molecule has 0 aliphatic carbocycles. The molecule has 1 amide bonds. The van der Waals surface area contributed by atoms with Gasteiger partial charge < -0.3 is 9.88 Å². The lowest BCUT2D eigenvalue weighted by Crippen LogP contribution is -2.42. The monoisotopic (exact) mass is 406 g/mol. The molecule has 4 nitrogen and oxygen atoms in total. The Bertz CT molecular complexity index is 1010. The summed E-state index contributed by atoms with van der Waals surface area (Å²) in [5.74, 6) is 0.207. The highest BCUT2D eigenvalue weighted by Gasteiger charge is 2.28. The number of nitrogens with one attached hydrogen (secondary N) is 1. The van der Waals surface area contributed by atoms with Crippen LogP contribution >= 0.6 is 11.8 Å². The van der Waals surface area contributed by atoms with Crippen molar-refractivity contribution in [2.75, 3.05) is 19.3 Å². The number of aromatic amines is 1. The Morgan fingerprint density at radius 1 is 1.14 bits per heavy atom. The Labute approximate surface area is 175 Å². The van der Waals surface area contributed by atoms with Gasteiger partial charge in [0.05, 0.1) is 0 Å². The molecule has 1 atom stereocenters. The van der Waals surface area contributed by atoms with Crippen molar-refractivity contribution in [2.24, 2.45) is 5.92 Å². The van der Waals surface area contributed by atoms with Crippen LogP contribution in [0.5, 0.6) is 0 Å². The van der Waals surface area contributed by atoms with Crippen LogP contribution in [0.15, 0.2) is 59.6 Å². The average molecular weight is 407 g/mol. The fourth-order valence-electron chi connectivity index (χ4n) is 4.15. The molecule has 0 unspecified atom stereocenters. The Balaban J connectivity index is 1.37. The molecule has 1 aromatic heterocycles. The van der Waals surface area contributed by atoms with Gasteiger partial charge in [-0.3, -0.25) is 9.59 Å². The highest BCUT2D eigenvalue weighted by molar-refractivity contribution is 7.98. The van der Waals surface area contributed by atoms with E-state index in [0.29, 0.717) is 19.4 Å². The molecule has 150 valence electrons. The minimum absolute atomic E-state index is 0.0964. The number of aryl methyl sites for hydroxylation is 1. The van der Waals surface area contributed by atoms with E-state index in [1.165, 1.54) is 10.9 Å². The van der Waals surface area contributed by atoms with Gasteiger partial charge in [0.2, 0.25) is 5.91 Å². The number of rotatable bonds is 6. The number of nitrogens with zero attached hydrogens (tertiary/aromatic N) is 1. The summed E-state index contributed by atoms with van der Waals surface area (Å²) < 4.78 is 0. The third kappa shape index (κ3) is 4.40. The number of benzene rings is 2. The van der Waals surface area contributed by atoms with Gasteiger partial charge in [0.15, 0.2) is 5.78 Å². The lowest BCUT2D eigenvalue weighted by Gasteiger charge is -2.32. The molecule has 5 heteroatoms. The van der Waals surface area contributed by atoms with Crippen LogP contribution in [0.3, 0.4) is 0 Å². The van der Waals surface area contributed by atoms with Crippen LogP contribution in [0.2, 0.25) is 0 Å². The number of thioether (sulfide) groups is 1. The van der Waals surface area contributed by atoms with Crippen LogP contribution in [0, 0.1) is 5.92 Å². The maximum atomic E-state index is 12.9. The number of piperidine rings is 1. The number of likely N-dealkylation sites (tertiary alicyclic amines) is 1. The molecule has 1 N–H and O–H groups in total. The average Bonchev–Trinajstić information content (AvgIpc) is 3.20. The molecule has 1 fully saturated rings. The third-order valence-electron chi connectivity index (χ3n) is 5.80. The van der Waals surface area contributed by atoms with Crippen molar-refractivity contribution in [3.05, 3.63) is 65.9 Å². The summed E-state index contributed by atoms with van der Waals surface area (Å²) in [6.07, 6.45) is 6.96. The van der Waals surface area contributed by atoms with Gasteiger partial charge in [-0.25, -0.2) is 0 Å². The van der Waals surface area contributed by atoms with Gasteiger partial charge in [-0.1, -0.05) is 30.3 Å². The van der Waals surface area contributed by atoms with Crippen molar-refractivity contribution in [3.8, 4) is 0 Å². The summed E-state index contributed by atoms with van der Waals surface area (Å²) in [4.78, 5) is 32.0. The normalized spacial score (nSPS) is 16.9. The molecule has 1 aliphatic heterocycles. The predicted octanol–water partition coefficient (Wildman–Crippen LogP) is 4.94. The molecule has 1 aliphatic rings. The third-order valence-corrected chi connectivity index (χ3v) is 6.55. The SMILES string of the molecule is CSc1ccc(C(=O)[C@@H]2CCCN(C(=O)CCc3c[nH]c4ccccc34)C2)cc1. The maximum absolute atomic E-state index is 12.9. The van der Waals surface area contributed by atoms with Crippen LogP contribution in [-0.2, 0) is 11.2 Å². The van der Waals surface area contributed by atoms with Crippen LogP contribution in [0.25, 0.3) is 10.9 Å². The summed E-state index contributed by atoms with van der Waals surface area (Å²) in [5.41, 5.74) is 3.03.